The topological polar surface area (TPSA) is 75.3 Å². The number of nitrogens with one attached hydrogen (secondary N) is 2. The molecule has 7 heteroatoms. The van der Waals surface area contributed by atoms with Gasteiger partial charge in [-0.3, -0.25) is 4.99 Å². The molecule has 0 amide bonds. The third-order valence-electron chi connectivity index (χ3n) is 2.62. The van der Waals surface area contributed by atoms with E-state index in [4.69, 9.17) is 4.42 Å². The van der Waals surface area contributed by atoms with E-state index in [-0.39, 0.29) is 0 Å². The highest BCUT2D eigenvalue weighted by Crippen LogP contribution is 2.18. The number of hydrogen-bond acceptors (Lipinski definition) is 5. The van der Waals surface area contributed by atoms with Crippen molar-refractivity contribution < 1.29 is 4.42 Å². The molecule has 0 aliphatic carbocycles. The summed E-state index contributed by atoms with van der Waals surface area (Å²) < 4.78 is 5.26. The maximum absolute atomic E-state index is 5.26. The summed E-state index contributed by atoms with van der Waals surface area (Å²) in [5, 5.41) is 16.7. The minimum atomic E-state index is 0.414. The summed E-state index contributed by atoms with van der Waals surface area (Å²) in [6.45, 7) is 5.44. The Morgan fingerprint density at radius 3 is 2.75 bits per heavy atom. The summed E-state index contributed by atoms with van der Waals surface area (Å²) in [5.74, 6) is 1.99. The van der Waals surface area contributed by atoms with E-state index in [9.17, 15) is 0 Å². The van der Waals surface area contributed by atoms with E-state index in [0.29, 0.717) is 25.0 Å². The number of aliphatic imine (C=N–C) groups is 1. The lowest BCUT2D eigenvalue weighted by Crippen LogP contribution is -2.36. The number of furan rings is 1. The molecule has 0 saturated heterocycles. The summed E-state index contributed by atoms with van der Waals surface area (Å²) in [4.78, 5) is 4.15. The lowest BCUT2D eigenvalue weighted by molar-refractivity contribution is 0.501. The van der Waals surface area contributed by atoms with Crippen LogP contribution in [0.15, 0.2) is 27.8 Å². The Bertz CT molecular complexity index is 547. The molecule has 2 rings (SSSR count). The highest BCUT2D eigenvalue weighted by molar-refractivity contribution is 7.11. The third kappa shape index (κ3) is 4.06. The van der Waals surface area contributed by atoms with Crippen LogP contribution in [-0.2, 0) is 13.1 Å². The van der Waals surface area contributed by atoms with E-state index in [0.717, 1.165) is 15.8 Å². The van der Waals surface area contributed by atoms with Gasteiger partial charge in [0.1, 0.15) is 15.8 Å². The van der Waals surface area contributed by atoms with Crippen LogP contribution in [0.5, 0.6) is 0 Å². The van der Waals surface area contributed by atoms with Crippen molar-refractivity contribution >= 4 is 17.3 Å². The van der Waals surface area contributed by atoms with Gasteiger partial charge in [0.25, 0.3) is 0 Å². The van der Waals surface area contributed by atoms with Gasteiger partial charge in [-0.25, -0.2) is 0 Å². The second-order valence-electron chi connectivity index (χ2n) is 4.55. The predicted octanol–water partition coefficient (Wildman–Crippen LogP) is 2.12. The summed E-state index contributed by atoms with van der Waals surface area (Å²) in [5.41, 5.74) is 0. The van der Waals surface area contributed by atoms with E-state index < -0.39 is 0 Å². The maximum atomic E-state index is 5.26. The zero-order chi connectivity index (χ0) is 14.4. The molecule has 2 N–H and O–H groups in total. The maximum Gasteiger partial charge on any atom is 0.191 e. The van der Waals surface area contributed by atoms with E-state index in [2.05, 4.69) is 39.7 Å². The van der Waals surface area contributed by atoms with Gasteiger partial charge in [0, 0.05) is 13.0 Å². The Balaban J connectivity index is 1.81. The standard InChI is InChI=1S/C13H19N5OS/c1-9(2)12-18-17-11(20-12)8-16-13(14-3)15-7-10-5-4-6-19-10/h4-6,9H,7-8H2,1-3H3,(H2,14,15,16). The quantitative estimate of drug-likeness (QED) is 0.652. The number of aromatic nitrogens is 2. The lowest BCUT2D eigenvalue weighted by atomic mass is 10.2. The van der Waals surface area contributed by atoms with Crippen LogP contribution in [-0.4, -0.2) is 23.2 Å². The lowest BCUT2D eigenvalue weighted by Gasteiger charge is -2.09. The largest absolute Gasteiger partial charge is 0.467 e. The second-order valence-corrected chi connectivity index (χ2v) is 5.64. The van der Waals surface area contributed by atoms with Gasteiger partial charge in [-0.1, -0.05) is 25.2 Å². The highest BCUT2D eigenvalue weighted by Gasteiger charge is 2.08. The molecular formula is C13H19N5OS. The molecule has 108 valence electrons. The van der Waals surface area contributed by atoms with E-state index in [1.165, 1.54) is 0 Å². The Hall–Kier alpha value is -1.89. The van der Waals surface area contributed by atoms with Gasteiger partial charge >= 0.3 is 0 Å². The van der Waals surface area contributed by atoms with Gasteiger partial charge in [0.2, 0.25) is 0 Å². The van der Waals surface area contributed by atoms with Gasteiger partial charge in [-0.15, -0.1) is 10.2 Å². The first-order valence-electron chi connectivity index (χ1n) is 6.48. The van der Waals surface area contributed by atoms with Crippen molar-refractivity contribution in [1.82, 2.24) is 20.8 Å². The minimum Gasteiger partial charge on any atom is -0.467 e. The summed E-state index contributed by atoms with van der Waals surface area (Å²) in [6, 6.07) is 3.78. The second kappa shape index (κ2) is 7.04. The molecule has 0 radical (unpaired) electrons. The first kappa shape index (κ1) is 14.5. The Morgan fingerprint density at radius 1 is 1.35 bits per heavy atom. The SMILES string of the molecule is CN=C(NCc1ccco1)NCc1nnc(C(C)C)s1. The molecule has 6 nitrogen and oxygen atoms in total. The van der Waals surface area contributed by atoms with Crippen LogP contribution in [0.4, 0.5) is 0 Å². The fraction of sp³-hybridized carbons (Fsp3) is 0.462. The molecule has 20 heavy (non-hydrogen) atoms. The first-order chi connectivity index (χ1) is 9.69. The highest BCUT2D eigenvalue weighted by atomic mass is 32.1. The van der Waals surface area contributed by atoms with Crippen molar-refractivity contribution in [3.05, 3.63) is 34.2 Å². The Kier molecular flexibility index (Phi) is 5.11. The van der Waals surface area contributed by atoms with Crippen molar-refractivity contribution in [1.29, 1.82) is 0 Å². The van der Waals surface area contributed by atoms with Gasteiger partial charge in [0.05, 0.1) is 19.4 Å². The number of guanidine groups is 1. The Morgan fingerprint density at radius 2 is 2.15 bits per heavy atom. The monoisotopic (exact) mass is 293 g/mol. The van der Waals surface area contributed by atoms with Crippen molar-refractivity contribution in [2.24, 2.45) is 4.99 Å². The van der Waals surface area contributed by atoms with Gasteiger partial charge in [-0.05, 0) is 12.1 Å². The molecule has 0 aliphatic rings. The molecule has 0 aromatic carbocycles. The molecule has 0 atom stereocenters. The van der Waals surface area contributed by atoms with Crippen molar-refractivity contribution in [3.8, 4) is 0 Å². The molecule has 0 fully saturated rings. The minimum absolute atomic E-state index is 0.414. The molecule has 2 heterocycles. The summed E-state index contributed by atoms with van der Waals surface area (Å²) >= 11 is 1.62. The molecule has 0 spiro atoms. The van der Waals surface area contributed by atoms with E-state index in [1.807, 2.05) is 12.1 Å². The summed E-state index contributed by atoms with van der Waals surface area (Å²) in [7, 11) is 1.73. The third-order valence-corrected chi connectivity index (χ3v) is 3.84. The zero-order valence-electron chi connectivity index (χ0n) is 11.9. The van der Waals surface area contributed by atoms with Crippen molar-refractivity contribution in [3.63, 3.8) is 0 Å². The van der Waals surface area contributed by atoms with Crippen LogP contribution in [0.2, 0.25) is 0 Å². The zero-order valence-corrected chi connectivity index (χ0v) is 12.7. The van der Waals surface area contributed by atoms with Crippen molar-refractivity contribution in [2.45, 2.75) is 32.9 Å². The smallest absolute Gasteiger partial charge is 0.191 e. The van der Waals surface area contributed by atoms with Gasteiger partial charge in [0.15, 0.2) is 5.96 Å². The molecule has 0 unspecified atom stereocenters. The normalized spacial score (nSPS) is 11.9. The predicted molar refractivity (Wildman–Crippen MR) is 79.7 cm³/mol. The number of rotatable bonds is 5. The van der Waals surface area contributed by atoms with Crippen LogP contribution in [0.25, 0.3) is 0 Å². The summed E-state index contributed by atoms with van der Waals surface area (Å²) in [6.07, 6.45) is 1.65. The van der Waals surface area contributed by atoms with Gasteiger partial charge in [-0.2, -0.15) is 0 Å². The van der Waals surface area contributed by atoms with E-state index in [1.54, 1.807) is 24.6 Å². The van der Waals surface area contributed by atoms with Crippen LogP contribution < -0.4 is 10.6 Å². The molecular weight excluding hydrogens is 274 g/mol. The molecule has 0 saturated carbocycles. The van der Waals surface area contributed by atoms with Crippen LogP contribution in [0, 0.1) is 0 Å². The van der Waals surface area contributed by atoms with Gasteiger partial charge < -0.3 is 15.1 Å². The molecule has 0 aliphatic heterocycles. The van der Waals surface area contributed by atoms with Crippen LogP contribution in [0.1, 0.15) is 35.5 Å². The van der Waals surface area contributed by atoms with E-state index >= 15 is 0 Å². The molecule has 0 bridgehead atoms. The van der Waals surface area contributed by atoms with Crippen molar-refractivity contribution in [2.75, 3.05) is 7.05 Å². The van der Waals surface area contributed by atoms with Crippen LogP contribution in [0.3, 0.4) is 0 Å². The number of hydrogen-bond donors (Lipinski definition) is 2. The average molecular weight is 293 g/mol. The fourth-order valence-corrected chi connectivity index (χ4v) is 2.32. The van der Waals surface area contributed by atoms with Crippen LogP contribution >= 0.6 is 11.3 Å². The number of nitrogens with zero attached hydrogens (tertiary/aromatic N) is 3. The average Bonchev–Trinajstić information content (AvgIpc) is 3.10. The fourth-order valence-electron chi connectivity index (χ4n) is 1.54. The Labute approximate surface area is 122 Å². The molecule has 2 aromatic heterocycles. The molecule has 2 aromatic rings. The first-order valence-corrected chi connectivity index (χ1v) is 7.30.